The molecule has 3 aromatic carbocycles. The number of hydrogen-bond donors (Lipinski definition) is 2. The fraction of sp³-hybridized carbons (Fsp3) is 0.395. The predicted octanol–water partition coefficient (Wildman–Crippen LogP) is 7.44. The van der Waals surface area contributed by atoms with Gasteiger partial charge in [-0.05, 0) is 88.4 Å². The highest BCUT2D eigenvalue weighted by Crippen LogP contribution is 2.44. The molecule has 4 heteroatoms. The Hall–Kier alpha value is -3.63. The monoisotopic (exact) mass is 563 g/mol. The van der Waals surface area contributed by atoms with Crippen LogP contribution in [0.5, 0.6) is 11.5 Å². The second-order valence-electron chi connectivity index (χ2n) is 13.0. The molecule has 0 atom stereocenters. The molecule has 6 rings (SSSR count). The van der Waals surface area contributed by atoms with Crippen molar-refractivity contribution in [1.82, 2.24) is 4.58 Å². The summed E-state index contributed by atoms with van der Waals surface area (Å²) in [6.45, 7) is 21.2. The molecule has 3 aromatic rings. The Balaban J connectivity index is 0.000000652. The Morgan fingerprint density at radius 1 is 0.810 bits per heavy atom. The highest BCUT2D eigenvalue weighted by atomic mass is 16.5. The third-order valence-corrected chi connectivity index (χ3v) is 8.66. The molecule has 3 aliphatic rings. The molecule has 0 aromatic heterocycles. The molecule has 0 amide bonds. The number of rotatable bonds is 4. The van der Waals surface area contributed by atoms with Gasteiger partial charge in [-0.2, -0.15) is 0 Å². The van der Waals surface area contributed by atoms with E-state index in [1.165, 1.54) is 44.3 Å². The molecule has 0 unspecified atom stereocenters. The van der Waals surface area contributed by atoms with Crippen molar-refractivity contribution in [2.45, 2.75) is 86.2 Å². The lowest BCUT2D eigenvalue weighted by molar-refractivity contribution is 0.287. The van der Waals surface area contributed by atoms with Gasteiger partial charge in [-0.15, -0.1) is 0 Å². The van der Waals surface area contributed by atoms with Crippen LogP contribution in [-0.2, 0) is 0 Å². The number of anilines is 1. The molecule has 0 aliphatic carbocycles. The topological polar surface area (TPSA) is 44.5 Å². The molecule has 0 fully saturated rings. The smallest absolute Gasteiger partial charge is 0.211 e. The maximum Gasteiger partial charge on any atom is 0.211 e. The SMILES string of the molecule is CCCCO.CC[N+]1=c2cc3c(cc2C(C)=CC1(C)C)=C(c1ccccc1C)c1cc2c(cc1O3)NC(C)(C)C=C2C. The van der Waals surface area contributed by atoms with E-state index >= 15 is 0 Å². The maximum atomic E-state index is 8.07. The van der Waals surface area contributed by atoms with Crippen LogP contribution in [0, 0.1) is 6.92 Å². The highest BCUT2D eigenvalue weighted by molar-refractivity contribution is 5.92. The molecule has 0 saturated heterocycles. The minimum atomic E-state index is -0.101. The largest absolute Gasteiger partial charge is 0.456 e. The van der Waals surface area contributed by atoms with Crippen LogP contribution in [0.3, 0.4) is 0 Å². The van der Waals surface area contributed by atoms with Crippen LogP contribution in [-0.4, -0.2) is 29.3 Å². The number of fused-ring (bicyclic) bond motifs is 4. The number of nitrogens with zero attached hydrogens (tertiary/aromatic N) is 1. The minimum Gasteiger partial charge on any atom is -0.456 e. The van der Waals surface area contributed by atoms with E-state index in [4.69, 9.17) is 9.84 Å². The molecule has 0 radical (unpaired) electrons. The summed E-state index contributed by atoms with van der Waals surface area (Å²) in [5.41, 5.74) is 11.0. The quantitative estimate of drug-likeness (QED) is 0.254. The summed E-state index contributed by atoms with van der Waals surface area (Å²) < 4.78 is 9.25. The van der Waals surface area contributed by atoms with Gasteiger partial charge < -0.3 is 15.2 Å². The van der Waals surface area contributed by atoms with Crippen molar-refractivity contribution in [1.29, 1.82) is 0 Å². The molecule has 0 spiro atoms. The number of aliphatic hydroxyl groups excluding tert-OH is 1. The number of aryl methyl sites for hydroxylation is 1. The number of allylic oxidation sites excluding steroid dienone is 2. The minimum absolute atomic E-state index is 0.0480. The summed E-state index contributed by atoms with van der Waals surface area (Å²) in [5, 5.41) is 14.2. The second kappa shape index (κ2) is 11.2. The molecule has 3 heterocycles. The van der Waals surface area contributed by atoms with E-state index in [0.717, 1.165) is 47.4 Å². The molecule has 2 N–H and O–H groups in total. The van der Waals surface area contributed by atoms with E-state index in [9.17, 15) is 0 Å². The van der Waals surface area contributed by atoms with E-state index in [1.54, 1.807) is 0 Å². The number of nitrogens with one attached hydrogen (secondary N) is 1. The van der Waals surface area contributed by atoms with Crippen molar-refractivity contribution in [3.05, 3.63) is 99.1 Å². The average Bonchev–Trinajstić information content (AvgIpc) is 2.91. The molecular weight excluding hydrogens is 516 g/mol. The van der Waals surface area contributed by atoms with Gasteiger partial charge in [0.15, 0.2) is 5.54 Å². The van der Waals surface area contributed by atoms with Crippen molar-refractivity contribution >= 4 is 22.4 Å². The van der Waals surface area contributed by atoms with Crippen molar-refractivity contribution in [2.75, 3.05) is 18.5 Å². The van der Waals surface area contributed by atoms with Crippen LogP contribution < -0.4 is 25.2 Å². The first-order valence-corrected chi connectivity index (χ1v) is 15.4. The number of aliphatic hydroxyl groups is 1. The first kappa shape index (κ1) is 29.8. The Kier molecular flexibility index (Phi) is 7.98. The van der Waals surface area contributed by atoms with Gasteiger partial charge in [-0.3, -0.25) is 0 Å². The zero-order chi connectivity index (χ0) is 30.4. The summed E-state index contributed by atoms with van der Waals surface area (Å²) in [6, 6.07) is 17.9. The first-order chi connectivity index (χ1) is 19.9. The molecular formula is C38H47N2O2+. The van der Waals surface area contributed by atoms with Crippen molar-refractivity contribution in [3.8, 4) is 11.5 Å². The standard InChI is InChI=1S/C34H36N2O.C4H10O/c1-9-36-29-17-31-27(15-25(29)22(4)19-34(36,7)8)32(23-13-11-10-12-20(23)2)26-14-24-21(3)18-33(5,6)35-28(24)16-30(26)37-31;1-2-3-4-5/h10-19H,9H2,1-8H3;5H,2-4H2,1H3/p+1. The van der Waals surface area contributed by atoms with Crippen molar-refractivity contribution < 1.29 is 9.84 Å². The third kappa shape index (κ3) is 5.33. The van der Waals surface area contributed by atoms with E-state index in [1.807, 2.05) is 0 Å². The number of likely N-dealkylation sites (N-methyl/N-ethyl adjacent to an activating group) is 1. The lowest BCUT2D eigenvalue weighted by atomic mass is 9.84. The lowest BCUT2D eigenvalue weighted by Crippen LogP contribution is -2.49. The van der Waals surface area contributed by atoms with Gasteiger partial charge in [0, 0.05) is 59.7 Å². The van der Waals surface area contributed by atoms with Crippen LogP contribution in [0.25, 0.3) is 16.7 Å². The Labute approximate surface area is 251 Å². The van der Waals surface area contributed by atoms with Gasteiger partial charge in [0.05, 0.1) is 11.6 Å². The maximum absolute atomic E-state index is 8.07. The summed E-state index contributed by atoms with van der Waals surface area (Å²) in [6.07, 6.45) is 6.75. The van der Waals surface area contributed by atoms with Gasteiger partial charge in [0.25, 0.3) is 0 Å². The summed E-state index contributed by atoms with van der Waals surface area (Å²) in [5.74, 6) is 1.84. The third-order valence-electron chi connectivity index (χ3n) is 8.66. The van der Waals surface area contributed by atoms with Gasteiger partial charge in [-0.25, -0.2) is 4.58 Å². The second-order valence-corrected chi connectivity index (χ2v) is 13.0. The number of benzene rings is 3. The summed E-state index contributed by atoms with van der Waals surface area (Å²) in [7, 11) is 0. The van der Waals surface area contributed by atoms with Gasteiger partial charge in [0.1, 0.15) is 18.0 Å². The highest BCUT2D eigenvalue weighted by Gasteiger charge is 2.34. The van der Waals surface area contributed by atoms with Crippen LogP contribution >= 0.6 is 0 Å². The van der Waals surface area contributed by atoms with Crippen molar-refractivity contribution in [3.63, 3.8) is 0 Å². The van der Waals surface area contributed by atoms with E-state index in [-0.39, 0.29) is 11.1 Å². The number of unbranched alkanes of at least 4 members (excludes halogenated alkanes) is 1. The lowest BCUT2D eigenvalue weighted by Gasteiger charge is -2.33. The predicted molar refractivity (Wildman–Crippen MR) is 178 cm³/mol. The van der Waals surface area contributed by atoms with Gasteiger partial charge in [0.2, 0.25) is 5.36 Å². The Morgan fingerprint density at radius 3 is 2.17 bits per heavy atom. The van der Waals surface area contributed by atoms with E-state index in [2.05, 4.69) is 133 Å². The molecule has 42 heavy (non-hydrogen) atoms. The van der Waals surface area contributed by atoms with Crippen LogP contribution in [0.2, 0.25) is 0 Å². The molecule has 0 bridgehead atoms. The van der Waals surface area contributed by atoms with Gasteiger partial charge >= 0.3 is 0 Å². The van der Waals surface area contributed by atoms with Crippen LogP contribution in [0.4, 0.5) is 5.69 Å². The fourth-order valence-corrected chi connectivity index (χ4v) is 6.82. The van der Waals surface area contributed by atoms with E-state index in [0.29, 0.717) is 6.61 Å². The Bertz CT molecular complexity index is 1740. The summed E-state index contributed by atoms with van der Waals surface area (Å²) >= 11 is 0. The molecule has 4 nitrogen and oxygen atoms in total. The van der Waals surface area contributed by atoms with Crippen LogP contribution in [0.15, 0.2) is 60.7 Å². The number of hydrogen-bond acceptors (Lipinski definition) is 3. The Morgan fingerprint density at radius 2 is 1.52 bits per heavy atom. The first-order valence-electron chi connectivity index (χ1n) is 15.4. The fourth-order valence-electron chi connectivity index (χ4n) is 6.82. The van der Waals surface area contributed by atoms with Gasteiger partial charge in [-0.1, -0.05) is 43.7 Å². The zero-order valence-electron chi connectivity index (χ0n) is 26.9. The molecule has 3 aliphatic heterocycles. The summed E-state index contributed by atoms with van der Waals surface area (Å²) in [4.78, 5) is 0. The zero-order valence-corrected chi connectivity index (χ0v) is 26.9. The number of ether oxygens (including phenoxy) is 1. The average molecular weight is 564 g/mol. The van der Waals surface area contributed by atoms with Crippen molar-refractivity contribution in [2.24, 2.45) is 0 Å². The molecule has 0 saturated carbocycles. The van der Waals surface area contributed by atoms with Crippen LogP contribution in [0.1, 0.15) is 96.0 Å². The normalized spacial score (nSPS) is 17.2. The molecule has 220 valence electrons. The van der Waals surface area contributed by atoms with E-state index < -0.39 is 0 Å².